The molecular formula is C22H23ClFN3O2. The van der Waals surface area contributed by atoms with Gasteiger partial charge in [-0.3, -0.25) is 9.59 Å². The topological polar surface area (TPSA) is 43.9 Å². The van der Waals surface area contributed by atoms with Crippen molar-refractivity contribution < 1.29 is 14.0 Å². The van der Waals surface area contributed by atoms with Crippen LogP contribution in [0.5, 0.6) is 0 Å². The summed E-state index contributed by atoms with van der Waals surface area (Å²) in [6.45, 7) is 4.47. The molecule has 29 heavy (non-hydrogen) atoms. The fraction of sp³-hybridized carbons (Fsp3) is 0.364. The Hall–Kier alpha value is -2.60. The first-order valence-electron chi connectivity index (χ1n) is 9.79. The number of anilines is 2. The number of carbonyl (C=O) groups is 2. The van der Waals surface area contributed by atoms with Crippen molar-refractivity contribution in [1.82, 2.24) is 4.90 Å². The van der Waals surface area contributed by atoms with E-state index >= 15 is 0 Å². The Kier molecular flexibility index (Phi) is 5.46. The minimum Gasteiger partial charge on any atom is -0.366 e. The van der Waals surface area contributed by atoms with Crippen LogP contribution in [0.25, 0.3) is 0 Å². The van der Waals surface area contributed by atoms with E-state index < -0.39 is 0 Å². The van der Waals surface area contributed by atoms with Gasteiger partial charge in [-0.25, -0.2) is 4.39 Å². The van der Waals surface area contributed by atoms with Crippen LogP contribution >= 0.6 is 11.6 Å². The monoisotopic (exact) mass is 415 g/mol. The van der Waals surface area contributed by atoms with Crippen molar-refractivity contribution in [2.24, 2.45) is 5.92 Å². The number of hydrogen-bond acceptors (Lipinski definition) is 3. The highest BCUT2D eigenvalue weighted by Crippen LogP contribution is 2.30. The largest absolute Gasteiger partial charge is 0.366 e. The maximum atomic E-state index is 14.0. The van der Waals surface area contributed by atoms with Gasteiger partial charge in [0.1, 0.15) is 5.82 Å². The fourth-order valence-corrected chi connectivity index (χ4v) is 4.18. The maximum Gasteiger partial charge on any atom is 0.228 e. The molecule has 2 saturated heterocycles. The van der Waals surface area contributed by atoms with E-state index in [0.717, 1.165) is 11.3 Å². The van der Waals surface area contributed by atoms with Gasteiger partial charge in [-0.15, -0.1) is 0 Å². The summed E-state index contributed by atoms with van der Waals surface area (Å²) in [7, 11) is 0. The predicted octanol–water partition coefficient (Wildman–Crippen LogP) is 3.49. The summed E-state index contributed by atoms with van der Waals surface area (Å²) in [6, 6.07) is 12.2. The van der Waals surface area contributed by atoms with E-state index in [-0.39, 0.29) is 30.0 Å². The van der Waals surface area contributed by atoms with Gasteiger partial charge >= 0.3 is 0 Å². The minimum absolute atomic E-state index is 0.00718. The molecule has 2 fully saturated rings. The molecule has 1 atom stereocenters. The van der Waals surface area contributed by atoms with Gasteiger partial charge in [0.25, 0.3) is 0 Å². The van der Waals surface area contributed by atoms with Gasteiger partial charge in [0.2, 0.25) is 11.8 Å². The molecular weight excluding hydrogens is 393 g/mol. The SMILES string of the molecule is Cc1ccc(N2C[C@H](C(=O)N3CCN(c4ccccc4F)CC3)CC2=O)cc1Cl. The summed E-state index contributed by atoms with van der Waals surface area (Å²) in [6.07, 6.45) is 0.206. The molecule has 2 aromatic carbocycles. The zero-order valence-electron chi connectivity index (χ0n) is 16.3. The van der Waals surface area contributed by atoms with Crippen molar-refractivity contribution >= 4 is 34.8 Å². The van der Waals surface area contributed by atoms with E-state index in [2.05, 4.69) is 0 Å². The fourth-order valence-electron chi connectivity index (χ4n) is 4.01. The number of aryl methyl sites for hydroxylation is 1. The van der Waals surface area contributed by atoms with Crippen LogP contribution in [0, 0.1) is 18.7 Å². The van der Waals surface area contributed by atoms with Gasteiger partial charge in [0.05, 0.1) is 11.6 Å². The molecule has 0 unspecified atom stereocenters. The minimum atomic E-state index is -0.359. The molecule has 0 radical (unpaired) electrons. The van der Waals surface area contributed by atoms with Crippen LogP contribution in [0.15, 0.2) is 42.5 Å². The highest BCUT2D eigenvalue weighted by atomic mass is 35.5. The third-order valence-electron chi connectivity index (χ3n) is 5.73. The summed E-state index contributed by atoms with van der Waals surface area (Å²) in [5.41, 5.74) is 2.24. The molecule has 4 rings (SSSR count). The lowest BCUT2D eigenvalue weighted by atomic mass is 10.1. The average Bonchev–Trinajstić information content (AvgIpc) is 3.12. The number of benzene rings is 2. The highest BCUT2D eigenvalue weighted by Gasteiger charge is 2.38. The van der Waals surface area contributed by atoms with E-state index in [1.165, 1.54) is 6.07 Å². The number of rotatable bonds is 3. The zero-order chi connectivity index (χ0) is 20.5. The molecule has 0 bridgehead atoms. The number of hydrogen-bond donors (Lipinski definition) is 0. The van der Waals surface area contributed by atoms with Crippen molar-refractivity contribution in [1.29, 1.82) is 0 Å². The predicted molar refractivity (Wildman–Crippen MR) is 112 cm³/mol. The molecule has 2 aliphatic rings. The Morgan fingerprint density at radius 3 is 2.52 bits per heavy atom. The van der Waals surface area contributed by atoms with Gasteiger partial charge in [-0.05, 0) is 36.8 Å². The average molecular weight is 416 g/mol. The molecule has 2 aromatic rings. The van der Waals surface area contributed by atoms with Gasteiger partial charge in [0.15, 0.2) is 0 Å². The summed E-state index contributed by atoms with van der Waals surface area (Å²) < 4.78 is 14.0. The Morgan fingerprint density at radius 2 is 1.83 bits per heavy atom. The standard InChI is InChI=1S/C22H23ClFN3O2/c1-15-6-7-17(13-18(15)23)27-14-16(12-21(27)28)22(29)26-10-8-25(9-11-26)20-5-3-2-4-19(20)24/h2-7,13,16H,8-12,14H2,1H3/t16-/m1/s1. The second-order valence-electron chi connectivity index (χ2n) is 7.60. The van der Waals surface area contributed by atoms with E-state index in [9.17, 15) is 14.0 Å². The lowest BCUT2D eigenvalue weighted by molar-refractivity contribution is -0.136. The molecule has 152 valence electrons. The van der Waals surface area contributed by atoms with E-state index in [1.807, 2.05) is 30.0 Å². The molecule has 7 heteroatoms. The smallest absolute Gasteiger partial charge is 0.228 e. The van der Waals surface area contributed by atoms with Crippen molar-refractivity contribution in [2.75, 3.05) is 42.5 Å². The van der Waals surface area contributed by atoms with Crippen LogP contribution in [0.2, 0.25) is 5.02 Å². The third kappa shape index (κ3) is 3.94. The number of amides is 2. The molecule has 2 amide bonds. The Bertz CT molecular complexity index is 943. The normalized spacial score (nSPS) is 19.8. The number of nitrogens with zero attached hydrogens (tertiary/aromatic N) is 3. The zero-order valence-corrected chi connectivity index (χ0v) is 17.0. The molecule has 0 spiro atoms. The van der Waals surface area contributed by atoms with Crippen molar-refractivity contribution in [3.05, 3.63) is 58.9 Å². The number of para-hydroxylation sites is 1. The molecule has 5 nitrogen and oxygen atoms in total. The summed E-state index contributed by atoms with van der Waals surface area (Å²) in [5, 5.41) is 0.606. The quantitative estimate of drug-likeness (QED) is 0.770. The maximum absolute atomic E-state index is 14.0. The number of carbonyl (C=O) groups excluding carboxylic acids is 2. The Labute approximate surface area is 174 Å². The summed E-state index contributed by atoms with van der Waals surface area (Å²) in [4.78, 5) is 30.9. The second-order valence-corrected chi connectivity index (χ2v) is 8.01. The Balaban J connectivity index is 1.39. The molecule has 2 aliphatic heterocycles. The molecule has 2 heterocycles. The first-order valence-corrected chi connectivity index (χ1v) is 10.2. The van der Waals surface area contributed by atoms with Crippen LogP contribution in [-0.2, 0) is 9.59 Å². The first kappa shape index (κ1) is 19.7. The van der Waals surface area contributed by atoms with Crippen LogP contribution in [-0.4, -0.2) is 49.4 Å². The second kappa shape index (κ2) is 8.03. The van der Waals surface area contributed by atoms with Gasteiger partial charge < -0.3 is 14.7 Å². The summed E-state index contributed by atoms with van der Waals surface area (Å²) in [5.74, 6) is -0.677. The lowest BCUT2D eigenvalue weighted by Gasteiger charge is -2.37. The number of piperazine rings is 1. The van der Waals surface area contributed by atoms with E-state index in [1.54, 1.807) is 28.0 Å². The van der Waals surface area contributed by atoms with Crippen LogP contribution in [0.4, 0.5) is 15.8 Å². The number of halogens is 2. The van der Waals surface area contributed by atoms with Crippen molar-refractivity contribution in [3.63, 3.8) is 0 Å². The first-order chi connectivity index (χ1) is 13.9. The van der Waals surface area contributed by atoms with E-state index in [0.29, 0.717) is 43.4 Å². The van der Waals surface area contributed by atoms with Crippen LogP contribution < -0.4 is 9.80 Å². The van der Waals surface area contributed by atoms with Gasteiger partial charge in [0, 0.05) is 49.9 Å². The van der Waals surface area contributed by atoms with Crippen molar-refractivity contribution in [3.8, 4) is 0 Å². The molecule has 0 N–H and O–H groups in total. The van der Waals surface area contributed by atoms with Crippen molar-refractivity contribution in [2.45, 2.75) is 13.3 Å². The molecule has 0 aliphatic carbocycles. The highest BCUT2D eigenvalue weighted by molar-refractivity contribution is 6.31. The van der Waals surface area contributed by atoms with Crippen LogP contribution in [0.3, 0.4) is 0 Å². The third-order valence-corrected chi connectivity index (χ3v) is 6.13. The van der Waals surface area contributed by atoms with Gasteiger partial charge in [-0.1, -0.05) is 29.8 Å². The van der Waals surface area contributed by atoms with Gasteiger partial charge in [-0.2, -0.15) is 0 Å². The molecule has 0 saturated carbocycles. The lowest BCUT2D eigenvalue weighted by Crippen LogP contribution is -2.51. The summed E-state index contributed by atoms with van der Waals surface area (Å²) >= 11 is 6.19. The van der Waals surface area contributed by atoms with E-state index in [4.69, 9.17) is 11.6 Å². The Morgan fingerprint density at radius 1 is 1.10 bits per heavy atom. The molecule has 0 aromatic heterocycles. The van der Waals surface area contributed by atoms with Crippen LogP contribution in [0.1, 0.15) is 12.0 Å².